The smallest absolute Gasteiger partial charge is 0.254 e. The van der Waals surface area contributed by atoms with E-state index in [0.29, 0.717) is 5.92 Å². The molecule has 3 rings (SSSR count). The Morgan fingerprint density at radius 3 is 2.33 bits per heavy atom. The summed E-state index contributed by atoms with van der Waals surface area (Å²) < 4.78 is 5.43. The van der Waals surface area contributed by atoms with Crippen molar-refractivity contribution >= 4 is 16.7 Å². The molecule has 2 aromatic carbocycles. The molecule has 0 atom stereocenters. The number of methoxy groups -OCH3 is 1. The molecule has 1 aliphatic heterocycles. The van der Waals surface area contributed by atoms with E-state index in [9.17, 15) is 4.79 Å². The van der Waals surface area contributed by atoms with Gasteiger partial charge in [0, 0.05) is 43.7 Å². The SMILES string of the molecule is COc1ccc(C(=O)N2CCN(CC(C)C)CC2)c2ccccc12. The van der Waals surface area contributed by atoms with E-state index >= 15 is 0 Å². The van der Waals surface area contributed by atoms with Crippen LogP contribution >= 0.6 is 0 Å². The number of piperazine rings is 1. The molecule has 0 aromatic heterocycles. The van der Waals surface area contributed by atoms with Crippen LogP contribution in [0.1, 0.15) is 24.2 Å². The van der Waals surface area contributed by atoms with Crippen LogP contribution in [0.3, 0.4) is 0 Å². The highest BCUT2D eigenvalue weighted by Gasteiger charge is 2.24. The van der Waals surface area contributed by atoms with Crippen molar-refractivity contribution in [3.8, 4) is 5.75 Å². The number of nitrogens with zero attached hydrogens (tertiary/aromatic N) is 2. The monoisotopic (exact) mass is 326 g/mol. The molecule has 0 aliphatic carbocycles. The molecule has 4 nitrogen and oxygen atoms in total. The van der Waals surface area contributed by atoms with Crippen LogP contribution in [0.2, 0.25) is 0 Å². The lowest BCUT2D eigenvalue weighted by molar-refractivity contribution is 0.0625. The summed E-state index contributed by atoms with van der Waals surface area (Å²) >= 11 is 0. The zero-order valence-corrected chi connectivity index (χ0v) is 14.8. The highest BCUT2D eigenvalue weighted by molar-refractivity contribution is 6.08. The lowest BCUT2D eigenvalue weighted by Gasteiger charge is -2.35. The summed E-state index contributed by atoms with van der Waals surface area (Å²) in [6.45, 7) is 9.09. The van der Waals surface area contributed by atoms with Gasteiger partial charge in [0.1, 0.15) is 5.75 Å². The normalized spacial score (nSPS) is 15.9. The Bertz CT molecular complexity index is 719. The largest absolute Gasteiger partial charge is 0.496 e. The second-order valence-electron chi connectivity index (χ2n) is 6.85. The zero-order chi connectivity index (χ0) is 17.1. The first kappa shape index (κ1) is 16.8. The molecule has 0 unspecified atom stereocenters. The Hall–Kier alpha value is -2.07. The molecule has 0 spiro atoms. The lowest BCUT2D eigenvalue weighted by Crippen LogP contribution is -2.49. The van der Waals surface area contributed by atoms with Crippen LogP contribution in [0.25, 0.3) is 10.8 Å². The number of benzene rings is 2. The quantitative estimate of drug-likeness (QED) is 0.864. The summed E-state index contributed by atoms with van der Waals surface area (Å²) in [5.41, 5.74) is 0.767. The molecule has 0 bridgehead atoms. The van der Waals surface area contributed by atoms with Gasteiger partial charge in [-0.15, -0.1) is 0 Å². The van der Waals surface area contributed by atoms with Gasteiger partial charge in [-0.05, 0) is 23.4 Å². The molecule has 1 saturated heterocycles. The Morgan fingerprint density at radius 2 is 1.71 bits per heavy atom. The molecular weight excluding hydrogens is 300 g/mol. The van der Waals surface area contributed by atoms with Gasteiger partial charge in [-0.2, -0.15) is 0 Å². The van der Waals surface area contributed by atoms with Gasteiger partial charge in [-0.1, -0.05) is 38.1 Å². The van der Waals surface area contributed by atoms with Gasteiger partial charge >= 0.3 is 0 Å². The van der Waals surface area contributed by atoms with Crippen molar-refractivity contribution in [2.45, 2.75) is 13.8 Å². The van der Waals surface area contributed by atoms with E-state index in [1.54, 1.807) is 7.11 Å². The summed E-state index contributed by atoms with van der Waals surface area (Å²) in [6.07, 6.45) is 0. The van der Waals surface area contributed by atoms with E-state index in [1.807, 2.05) is 41.3 Å². The highest BCUT2D eigenvalue weighted by atomic mass is 16.5. The first-order valence-electron chi connectivity index (χ1n) is 8.67. The van der Waals surface area contributed by atoms with Crippen LogP contribution in [0.4, 0.5) is 0 Å². The molecule has 2 aromatic rings. The van der Waals surface area contributed by atoms with Crippen LogP contribution < -0.4 is 4.74 Å². The third-order valence-corrected chi connectivity index (χ3v) is 4.62. The zero-order valence-electron chi connectivity index (χ0n) is 14.8. The maximum Gasteiger partial charge on any atom is 0.254 e. The van der Waals surface area contributed by atoms with E-state index in [2.05, 4.69) is 18.7 Å². The van der Waals surface area contributed by atoms with E-state index in [4.69, 9.17) is 4.74 Å². The maximum atomic E-state index is 13.0. The molecule has 0 N–H and O–H groups in total. The van der Waals surface area contributed by atoms with Crippen molar-refractivity contribution < 1.29 is 9.53 Å². The molecule has 1 amide bonds. The van der Waals surface area contributed by atoms with E-state index in [1.165, 1.54) is 0 Å². The standard InChI is InChI=1S/C20H26N2O2/c1-15(2)14-21-10-12-22(13-11-21)20(23)18-8-9-19(24-3)17-7-5-4-6-16(17)18/h4-9,15H,10-14H2,1-3H3. The predicted molar refractivity (Wildman–Crippen MR) is 97.7 cm³/mol. The van der Waals surface area contributed by atoms with Crippen LogP contribution in [-0.4, -0.2) is 55.5 Å². The minimum Gasteiger partial charge on any atom is -0.496 e. The van der Waals surface area contributed by atoms with Crippen LogP contribution in [0, 0.1) is 5.92 Å². The Labute approximate surface area is 144 Å². The number of amides is 1. The molecule has 128 valence electrons. The van der Waals surface area contributed by atoms with E-state index in [-0.39, 0.29) is 5.91 Å². The third-order valence-electron chi connectivity index (χ3n) is 4.62. The number of rotatable bonds is 4. The number of hydrogen-bond donors (Lipinski definition) is 0. The van der Waals surface area contributed by atoms with Gasteiger partial charge in [-0.3, -0.25) is 9.69 Å². The Balaban J connectivity index is 1.80. The maximum absolute atomic E-state index is 13.0. The fourth-order valence-electron chi connectivity index (χ4n) is 3.46. The predicted octanol–water partition coefficient (Wildman–Crippen LogP) is 3.26. The topological polar surface area (TPSA) is 32.8 Å². The fraction of sp³-hybridized carbons (Fsp3) is 0.450. The van der Waals surface area contributed by atoms with Gasteiger partial charge in [-0.25, -0.2) is 0 Å². The van der Waals surface area contributed by atoms with Crippen LogP contribution in [0.5, 0.6) is 5.75 Å². The molecule has 1 heterocycles. The van der Waals surface area contributed by atoms with Crippen LogP contribution in [0.15, 0.2) is 36.4 Å². The van der Waals surface area contributed by atoms with Crippen molar-refractivity contribution in [3.63, 3.8) is 0 Å². The van der Waals surface area contributed by atoms with Gasteiger partial charge in [0.2, 0.25) is 0 Å². The average molecular weight is 326 g/mol. The van der Waals surface area contributed by atoms with Crippen molar-refractivity contribution in [2.75, 3.05) is 39.8 Å². The summed E-state index contributed by atoms with van der Waals surface area (Å²) in [5.74, 6) is 1.60. The van der Waals surface area contributed by atoms with E-state index < -0.39 is 0 Å². The number of carbonyl (C=O) groups excluding carboxylic acids is 1. The number of ether oxygens (including phenoxy) is 1. The molecule has 4 heteroatoms. The van der Waals surface area contributed by atoms with Crippen molar-refractivity contribution in [3.05, 3.63) is 42.0 Å². The van der Waals surface area contributed by atoms with Crippen molar-refractivity contribution in [2.24, 2.45) is 5.92 Å². The molecule has 0 radical (unpaired) electrons. The highest BCUT2D eigenvalue weighted by Crippen LogP contribution is 2.29. The van der Waals surface area contributed by atoms with Gasteiger partial charge in [0.25, 0.3) is 5.91 Å². The van der Waals surface area contributed by atoms with Gasteiger partial charge in [0.05, 0.1) is 7.11 Å². The van der Waals surface area contributed by atoms with Gasteiger partial charge < -0.3 is 9.64 Å². The summed E-state index contributed by atoms with van der Waals surface area (Å²) in [7, 11) is 1.66. The Kier molecular flexibility index (Phi) is 5.05. The average Bonchev–Trinajstić information content (AvgIpc) is 2.60. The molecule has 1 fully saturated rings. The third kappa shape index (κ3) is 3.39. The van der Waals surface area contributed by atoms with Crippen molar-refractivity contribution in [1.82, 2.24) is 9.80 Å². The second kappa shape index (κ2) is 7.22. The fourth-order valence-corrected chi connectivity index (χ4v) is 3.46. The number of hydrogen-bond acceptors (Lipinski definition) is 3. The summed E-state index contributed by atoms with van der Waals surface area (Å²) in [6, 6.07) is 11.7. The molecule has 1 aliphatic rings. The van der Waals surface area contributed by atoms with E-state index in [0.717, 1.165) is 54.8 Å². The number of carbonyl (C=O) groups is 1. The summed E-state index contributed by atoms with van der Waals surface area (Å²) in [4.78, 5) is 17.4. The number of fused-ring (bicyclic) bond motifs is 1. The minimum absolute atomic E-state index is 0.123. The van der Waals surface area contributed by atoms with Crippen LogP contribution in [-0.2, 0) is 0 Å². The molecule has 24 heavy (non-hydrogen) atoms. The summed E-state index contributed by atoms with van der Waals surface area (Å²) in [5, 5.41) is 1.95. The second-order valence-corrected chi connectivity index (χ2v) is 6.85. The Morgan fingerprint density at radius 1 is 1.04 bits per heavy atom. The first-order valence-corrected chi connectivity index (χ1v) is 8.67. The first-order chi connectivity index (χ1) is 11.6. The lowest BCUT2D eigenvalue weighted by atomic mass is 10.0. The molecular formula is C20H26N2O2. The molecule has 0 saturated carbocycles. The van der Waals surface area contributed by atoms with Gasteiger partial charge in [0.15, 0.2) is 0 Å². The van der Waals surface area contributed by atoms with Crippen molar-refractivity contribution in [1.29, 1.82) is 0 Å². The minimum atomic E-state index is 0.123.